The van der Waals surface area contributed by atoms with Crippen LogP contribution in [-0.2, 0) is 0 Å². The van der Waals surface area contributed by atoms with Gasteiger partial charge in [-0.2, -0.15) is 0 Å². The van der Waals surface area contributed by atoms with Crippen molar-refractivity contribution in [2.75, 3.05) is 0 Å². The third kappa shape index (κ3) is 5.44. The van der Waals surface area contributed by atoms with Gasteiger partial charge in [-0.05, 0) is 80.7 Å². The summed E-state index contributed by atoms with van der Waals surface area (Å²) in [5, 5.41) is 5.70. The molecule has 5 heteroatoms. The molecular formula is C55H35N5. The van der Waals surface area contributed by atoms with Crippen molar-refractivity contribution in [3.63, 3.8) is 0 Å². The van der Waals surface area contributed by atoms with Gasteiger partial charge < -0.3 is 0 Å². The lowest BCUT2D eigenvalue weighted by atomic mass is 9.97. The Morgan fingerprint density at radius 3 is 1.45 bits per heavy atom. The Bertz CT molecular complexity index is 3510. The van der Waals surface area contributed by atoms with E-state index in [1.165, 1.54) is 22.0 Å². The first-order valence-electron chi connectivity index (χ1n) is 20.3. The Kier molecular flexibility index (Phi) is 7.78. The van der Waals surface area contributed by atoms with Crippen LogP contribution in [0.5, 0.6) is 0 Å². The molecule has 0 unspecified atom stereocenters. The van der Waals surface area contributed by atoms with Crippen LogP contribution in [0.25, 0.3) is 111 Å². The summed E-state index contributed by atoms with van der Waals surface area (Å²) in [4.78, 5) is 15.6. The van der Waals surface area contributed by atoms with Crippen LogP contribution in [0.4, 0.5) is 0 Å². The molecule has 0 N–H and O–H groups in total. The highest BCUT2D eigenvalue weighted by atomic mass is 15.1. The second kappa shape index (κ2) is 13.8. The Morgan fingerprint density at radius 1 is 0.317 bits per heavy atom. The van der Waals surface area contributed by atoms with Crippen LogP contribution in [-0.4, -0.2) is 23.9 Å². The van der Waals surface area contributed by atoms with E-state index in [0.29, 0.717) is 17.5 Å². The van der Waals surface area contributed by atoms with Gasteiger partial charge in [0.15, 0.2) is 17.5 Å². The summed E-state index contributed by atoms with van der Waals surface area (Å²) >= 11 is 0. The first-order chi connectivity index (χ1) is 29.8. The van der Waals surface area contributed by atoms with E-state index in [9.17, 15) is 0 Å². The second-order valence-electron chi connectivity index (χ2n) is 15.2. The minimum atomic E-state index is 0.626. The fourth-order valence-corrected chi connectivity index (χ4v) is 9.04. The van der Waals surface area contributed by atoms with Gasteiger partial charge in [-0.1, -0.05) is 170 Å². The van der Waals surface area contributed by atoms with Crippen molar-refractivity contribution >= 4 is 49.1 Å². The number of para-hydroxylation sites is 4. The molecule has 0 saturated carbocycles. The smallest absolute Gasteiger partial charge is 0.164 e. The normalized spacial score (nSPS) is 11.7. The first-order valence-corrected chi connectivity index (χ1v) is 20.3. The summed E-state index contributed by atoms with van der Waals surface area (Å²) in [6.45, 7) is 0. The molecule has 0 fully saturated rings. The number of hydrogen-bond acceptors (Lipinski definition) is 3. The van der Waals surface area contributed by atoms with E-state index >= 15 is 0 Å². The SMILES string of the molecule is c1ccc(-n2c3ccccc3n3c4ccccc4c(-c4cccc(-c5cccc(-c6nc(-c7cccc8ccccc78)nc(-c7cccc8ccccc78)n6)c5)c4)c23)cc1. The van der Waals surface area contributed by atoms with E-state index in [2.05, 4.69) is 221 Å². The van der Waals surface area contributed by atoms with Crippen molar-refractivity contribution in [2.45, 2.75) is 0 Å². The quantitative estimate of drug-likeness (QED) is 0.169. The molecule has 0 aliphatic rings. The number of aromatic nitrogens is 5. The molecule has 0 saturated heterocycles. The van der Waals surface area contributed by atoms with Crippen molar-refractivity contribution in [1.29, 1.82) is 0 Å². The van der Waals surface area contributed by atoms with Crippen molar-refractivity contribution in [3.8, 4) is 62.1 Å². The molecule has 0 spiro atoms. The van der Waals surface area contributed by atoms with Crippen molar-refractivity contribution in [1.82, 2.24) is 23.9 Å². The number of nitrogens with zero attached hydrogens (tertiary/aromatic N) is 5. The molecule has 0 bridgehead atoms. The van der Waals surface area contributed by atoms with E-state index in [1.807, 2.05) is 0 Å². The Balaban J connectivity index is 1.04. The highest BCUT2D eigenvalue weighted by Gasteiger charge is 2.23. The van der Waals surface area contributed by atoms with Gasteiger partial charge in [0, 0.05) is 33.3 Å². The zero-order chi connectivity index (χ0) is 39.6. The van der Waals surface area contributed by atoms with Crippen LogP contribution in [0.1, 0.15) is 0 Å². The van der Waals surface area contributed by atoms with Crippen LogP contribution < -0.4 is 0 Å². The number of fused-ring (bicyclic) bond motifs is 7. The molecule has 0 aliphatic carbocycles. The Hall–Kier alpha value is -8.15. The van der Waals surface area contributed by atoms with E-state index in [1.54, 1.807) is 0 Å². The largest absolute Gasteiger partial charge is 0.293 e. The molecule has 3 heterocycles. The van der Waals surface area contributed by atoms with E-state index in [-0.39, 0.29) is 0 Å². The van der Waals surface area contributed by atoms with Crippen LogP contribution in [0, 0.1) is 0 Å². The molecule has 280 valence electrons. The maximum atomic E-state index is 5.22. The summed E-state index contributed by atoms with van der Waals surface area (Å²) in [6.07, 6.45) is 0. The standard InChI is InChI=1S/C55H35N5/c1-2-24-42(25-3-1)59-49-32-10-11-33-50(49)60-48-31-9-8-28-47(48)51(55(59)60)40-22-12-20-38(34-40)39-21-13-23-41(35-39)52-56-53(45-29-14-18-36-16-4-6-26-43(36)45)58-54(57-52)46-30-15-19-37-17-5-7-27-44(37)46/h1-35H. The summed E-state index contributed by atoms with van der Waals surface area (Å²) < 4.78 is 4.82. The number of rotatable bonds is 6. The molecule has 0 radical (unpaired) electrons. The third-order valence-electron chi connectivity index (χ3n) is 11.7. The third-order valence-corrected chi connectivity index (χ3v) is 11.7. The number of benzene rings is 9. The molecule has 12 rings (SSSR count). The van der Waals surface area contributed by atoms with Crippen LogP contribution in [0.2, 0.25) is 0 Å². The van der Waals surface area contributed by atoms with Gasteiger partial charge in [0.25, 0.3) is 0 Å². The molecule has 0 aliphatic heterocycles. The summed E-state index contributed by atoms with van der Waals surface area (Å²) in [5.41, 5.74) is 13.2. The molecule has 5 nitrogen and oxygen atoms in total. The predicted molar refractivity (Wildman–Crippen MR) is 247 cm³/mol. The van der Waals surface area contributed by atoms with Crippen molar-refractivity contribution < 1.29 is 0 Å². The highest BCUT2D eigenvalue weighted by molar-refractivity contribution is 6.09. The average molecular weight is 766 g/mol. The maximum absolute atomic E-state index is 5.22. The molecule has 3 aromatic heterocycles. The lowest BCUT2D eigenvalue weighted by Crippen LogP contribution is -2.01. The average Bonchev–Trinajstić information content (AvgIpc) is 3.84. The monoisotopic (exact) mass is 765 g/mol. The van der Waals surface area contributed by atoms with Gasteiger partial charge in [-0.25, -0.2) is 15.0 Å². The van der Waals surface area contributed by atoms with Gasteiger partial charge in [0.05, 0.1) is 16.6 Å². The van der Waals surface area contributed by atoms with Crippen LogP contribution >= 0.6 is 0 Å². The predicted octanol–water partition coefficient (Wildman–Crippen LogP) is 13.9. The summed E-state index contributed by atoms with van der Waals surface area (Å²) in [5.74, 6) is 1.91. The highest BCUT2D eigenvalue weighted by Crippen LogP contribution is 2.42. The van der Waals surface area contributed by atoms with E-state index in [4.69, 9.17) is 15.0 Å². The zero-order valence-corrected chi connectivity index (χ0v) is 32.4. The minimum absolute atomic E-state index is 0.626. The lowest BCUT2D eigenvalue weighted by Gasteiger charge is -2.13. The zero-order valence-electron chi connectivity index (χ0n) is 32.4. The van der Waals surface area contributed by atoms with Gasteiger partial charge in [0.2, 0.25) is 0 Å². The molecule has 9 aromatic carbocycles. The van der Waals surface area contributed by atoms with Gasteiger partial charge in [-0.15, -0.1) is 0 Å². The van der Waals surface area contributed by atoms with Crippen LogP contribution in [0.15, 0.2) is 212 Å². The first kappa shape index (κ1) is 33.9. The topological polar surface area (TPSA) is 48.0 Å². The van der Waals surface area contributed by atoms with Gasteiger partial charge in [-0.3, -0.25) is 8.97 Å². The molecular weight excluding hydrogens is 731 g/mol. The maximum Gasteiger partial charge on any atom is 0.164 e. The number of imidazole rings is 1. The molecule has 0 amide bonds. The molecule has 12 aromatic rings. The fraction of sp³-hybridized carbons (Fsp3) is 0. The summed E-state index contributed by atoms with van der Waals surface area (Å²) in [7, 11) is 0. The molecule has 0 atom stereocenters. The van der Waals surface area contributed by atoms with Gasteiger partial charge >= 0.3 is 0 Å². The van der Waals surface area contributed by atoms with Crippen LogP contribution in [0.3, 0.4) is 0 Å². The summed E-state index contributed by atoms with van der Waals surface area (Å²) in [6, 6.07) is 75.1. The van der Waals surface area contributed by atoms with Crippen molar-refractivity contribution in [3.05, 3.63) is 212 Å². The van der Waals surface area contributed by atoms with Crippen molar-refractivity contribution in [2.24, 2.45) is 0 Å². The van der Waals surface area contributed by atoms with E-state index < -0.39 is 0 Å². The Morgan fingerprint density at radius 2 is 0.783 bits per heavy atom. The molecule has 60 heavy (non-hydrogen) atoms. The van der Waals surface area contributed by atoms with Gasteiger partial charge in [0.1, 0.15) is 5.65 Å². The Labute approximate surface area is 346 Å². The van der Waals surface area contributed by atoms with E-state index in [0.717, 1.165) is 71.8 Å². The second-order valence-corrected chi connectivity index (χ2v) is 15.2. The number of hydrogen-bond donors (Lipinski definition) is 0. The minimum Gasteiger partial charge on any atom is -0.293 e. The fourth-order valence-electron chi connectivity index (χ4n) is 9.04. The lowest BCUT2D eigenvalue weighted by molar-refractivity contribution is 1.08.